The second kappa shape index (κ2) is 31.0. The van der Waals surface area contributed by atoms with E-state index >= 15 is 0 Å². The number of hydrogen-bond donors (Lipinski definition) is 5. The minimum atomic E-state index is -0.0459. The monoisotopic (exact) mass is 775 g/mol. The molecular formula is C35H55B2N5O9S2. The van der Waals surface area contributed by atoms with Crippen molar-refractivity contribution in [1.82, 2.24) is 10.6 Å². The van der Waals surface area contributed by atoms with E-state index < -0.39 is 0 Å². The Labute approximate surface area is 326 Å². The highest BCUT2D eigenvalue weighted by molar-refractivity contribution is 7.94. The number of nitrogens with one attached hydrogen (secondary N) is 2. The van der Waals surface area contributed by atoms with E-state index in [1.165, 1.54) is 19.4 Å². The van der Waals surface area contributed by atoms with Crippen molar-refractivity contribution in [3.8, 4) is 17.2 Å². The summed E-state index contributed by atoms with van der Waals surface area (Å²) in [6.07, 6.45) is 2.34. The van der Waals surface area contributed by atoms with Crippen LogP contribution < -0.4 is 42.4 Å². The van der Waals surface area contributed by atoms with E-state index in [4.69, 9.17) is 31.7 Å². The van der Waals surface area contributed by atoms with E-state index in [1.54, 1.807) is 21.3 Å². The average Bonchev–Trinajstić information content (AvgIpc) is 3.10. The Morgan fingerprint density at radius 2 is 1.04 bits per heavy atom. The Hall–Kier alpha value is -3.45. The molecule has 2 amide bonds. The lowest BCUT2D eigenvalue weighted by Gasteiger charge is -2.14. The van der Waals surface area contributed by atoms with Crippen LogP contribution in [0.5, 0.6) is 17.2 Å². The van der Waals surface area contributed by atoms with Crippen LogP contribution in [-0.2, 0) is 47.5 Å². The van der Waals surface area contributed by atoms with Crippen molar-refractivity contribution >= 4 is 51.4 Å². The molecule has 8 N–H and O–H groups in total. The highest BCUT2D eigenvalue weighted by Crippen LogP contribution is 2.32. The van der Waals surface area contributed by atoms with Crippen LogP contribution in [0, 0.1) is 0 Å². The maximum atomic E-state index is 11.0. The lowest BCUT2D eigenvalue weighted by atomic mass is 9.81. The van der Waals surface area contributed by atoms with Gasteiger partial charge in [0.15, 0.2) is 0 Å². The van der Waals surface area contributed by atoms with Crippen LogP contribution in [0.4, 0.5) is 0 Å². The second-order valence-electron chi connectivity index (χ2n) is 11.1. The third-order valence-electron chi connectivity index (χ3n) is 6.48. The van der Waals surface area contributed by atoms with Crippen molar-refractivity contribution < 1.29 is 42.4 Å². The van der Waals surface area contributed by atoms with Crippen LogP contribution in [0.3, 0.4) is 0 Å². The lowest BCUT2D eigenvalue weighted by molar-refractivity contribution is -0.195. The molecule has 0 fully saturated rings. The number of hydrogen-bond acceptors (Lipinski definition) is 14. The number of carbonyl (C=O) groups is 2. The van der Waals surface area contributed by atoms with E-state index in [0.717, 1.165) is 63.6 Å². The first kappa shape index (κ1) is 51.7. The molecule has 0 aromatic heterocycles. The SMILES string of the molecule is C.COc1ccc(C[C@@H](C)N)cc1SOON.COc1ccc(C[C@@H](C)NC(C)=O)cc1.COc1ccc(C[C@@H](C)NC(C)=O)cc1SOON.[B][B]. The fourth-order valence-electron chi connectivity index (χ4n) is 4.58. The zero-order valence-electron chi connectivity index (χ0n) is 31.0. The van der Waals surface area contributed by atoms with Crippen LogP contribution >= 0.6 is 24.1 Å². The Morgan fingerprint density at radius 1 is 0.660 bits per heavy atom. The molecule has 0 saturated heterocycles. The summed E-state index contributed by atoms with van der Waals surface area (Å²) in [5.74, 6) is 11.8. The molecule has 292 valence electrons. The van der Waals surface area contributed by atoms with Gasteiger partial charge in [0.25, 0.3) is 0 Å². The largest absolute Gasteiger partial charge is 0.497 e. The third-order valence-corrected chi connectivity index (χ3v) is 7.77. The predicted octanol–water partition coefficient (Wildman–Crippen LogP) is 4.64. The zero-order valence-corrected chi connectivity index (χ0v) is 32.6. The van der Waals surface area contributed by atoms with Gasteiger partial charge in [-0.2, -0.15) is 11.8 Å². The lowest BCUT2D eigenvalue weighted by Crippen LogP contribution is -2.32. The molecule has 0 unspecified atom stereocenters. The molecule has 3 atom stereocenters. The Morgan fingerprint density at radius 3 is 1.38 bits per heavy atom. The maximum Gasteiger partial charge on any atom is 0.217 e. The van der Waals surface area contributed by atoms with E-state index in [-0.39, 0.29) is 37.4 Å². The normalized spacial score (nSPS) is 11.5. The predicted molar refractivity (Wildman–Crippen MR) is 213 cm³/mol. The fraction of sp³-hybridized carbons (Fsp3) is 0.429. The minimum absolute atomic E-state index is 0. The van der Waals surface area contributed by atoms with Gasteiger partial charge in [0, 0.05) is 47.4 Å². The van der Waals surface area contributed by atoms with Crippen molar-refractivity contribution in [3.63, 3.8) is 0 Å². The third kappa shape index (κ3) is 23.8. The highest BCUT2D eigenvalue weighted by Gasteiger charge is 2.11. The first-order chi connectivity index (χ1) is 24.8. The number of benzene rings is 3. The Bertz CT molecular complexity index is 1430. The number of rotatable bonds is 17. The van der Waals surface area contributed by atoms with Gasteiger partial charge in [-0.15, -0.1) is 18.6 Å². The molecule has 0 heterocycles. The zero-order chi connectivity index (χ0) is 39.5. The van der Waals surface area contributed by atoms with Gasteiger partial charge >= 0.3 is 0 Å². The molecule has 3 aromatic carbocycles. The number of ether oxygens (including phenoxy) is 3. The summed E-state index contributed by atoms with van der Waals surface area (Å²) >= 11 is 1.97. The average molecular weight is 776 g/mol. The van der Waals surface area contributed by atoms with Crippen molar-refractivity contribution in [2.45, 2.75) is 89.2 Å². The Balaban J connectivity index is 0. The summed E-state index contributed by atoms with van der Waals surface area (Å²) in [6.45, 7) is 8.92. The minimum Gasteiger partial charge on any atom is -0.497 e. The number of nitrogens with two attached hydrogens (primary N) is 3. The smallest absolute Gasteiger partial charge is 0.217 e. The van der Waals surface area contributed by atoms with Crippen molar-refractivity contribution in [1.29, 1.82) is 0 Å². The molecule has 3 aromatic rings. The number of amides is 2. The molecular weight excluding hydrogens is 720 g/mol. The molecule has 0 saturated carbocycles. The van der Waals surface area contributed by atoms with E-state index in [0.29, 0.717) is 17.9 Å². The van der Waals surface area contributed by atoms with Gasteiger partial charge in [-0.05, 0) is 93.1 Å². The van der Waals surface area contributed by atoms with Gasteiger partial charge in [-0.1, -0.05) is 31.7 Å². The molecule has 0 aliphatic heterocycles. The van der Waals surface area contributed by atoms with Gasteiger partial charge in [-0.3, -0.25) is 9.59 Å². The van der Waals surface area contributed by atoms with Crippen LogP contribution in [0.25, 0.3) is 0 Å². The second-order valence-corrected chi connectivity index (χ2v) is 12.6. The molecule has 53 heavy (non-hydrogen) atoms. The van der Waals surface area contributed by atoms with E-state index in [2.05, 4.69) is 44.8 Å². The number of carbonyl (C=O) groups excluding carboxylic acids is 2. The standard InChI is InChI=1S/C12H18N2O4S.C12H17NO2.C10H16N2O3S.CH4.B2/c1-8(14-9(2)15)6-10-4-5-11(16-3)12(7-10)19-18-17-13;1-9(13-10(2)14)8-11-4-6-12(15-3)7-5-11;1-7(11)5-8-3-4-9(13-2)10(6-8)16-15-14-12;;1-2/h4-5,7-8H,6,13H2,1-3H3,(H,14,15);4-7,9H,8H2,1-3H3,(H,13,14);3-4,6-7H,5,11-12H2,1-2H3;1H4;/t8-;9-;7-;;/m111../s1. The van der Waals surface area contributed by atoms with Crippen LogP contribution in [0.1, 0.15) is 58.7 Å². The molecule has 0 bridgehead atoms. The van der Waals surface area contributed by atoms with E-state index in [9.17, 15) is 9.59 Å². The van der Waals surface area contributed by atoms with Crippen molar-refractivity contribution in [3.05, 3.63) is 77.4 Å². The van der Waals surface area contributed by atoms with Crippen LogP contribution in [0.2, 0.25) is 0 Å². The van der Waals surface area contributed by atoms with Gasteiger partial charge in [0.2, 0.25) is 11.8 Å². The summed E-state index contributed by atoms with van der Waals surface area (Å²) in [4.78, 5) is 31.4. The summed E-state index contributed by atoms with van der Waals surface area (Å²) < 4.78 is 24.7. The van der Waals surface area contributed by atoms with Gasteiger partial charge in [0.05, 0.1) is 55.2 Å². The molecule has 0 aliphatic carbocycles. The summed E-state index contributed by atoms with van der Waals surface area (Å²) in [5.41, 5.74) is 9.08. The van der Waals surface area contributed by atoms with Gasteiger partial charge < -0.3 is 30.6 Å². The summed E-state index contributed by atoms with van der Waals surface area (Å²) in [6, 6.07) is 19.6. The van der Waals surface area contributed by atoms with Gasteiger partial charge in [0.1, 0.15) is 17.2 Å². The van der Waals surface area contributed by atoms with Crippen molar-refractivity contribution in [2.75, 3.05) is 21.3 Å². The topological polar surface area (TPSA) is 201 Å². The Kier molecular flexibility index (Phi) is 30.2. The summed E-state index contributed by atoms with van der Waals surface area (Å²) in [7, 11) is 12.8. The van der Waals surface area contributed by atoms with Gasteiger partial charge in [-0.25, -0.2) is 0 Å². The molecule has 0 spiro atoms. The van der Waals surface area contributed by atoms with E-state index in [1.807, 2.05) is 81.4 Å². The quantitative estimate of drug-likeness (QED) is 0.0550. The number of methoxy groups -OCH3 is 3. The molecule has 0 aliphatic rings. The first-order valence-corrected chi connectivity index (χ1v) is 17.3. The van der Waals surface area contributed by atoms with Crippen LogP contribution in [-0.4, -0.2) is 66.7 Å². The molecule has 18 heteroatoms. The maximum absolute atomic E-state index is 11.0. The molecule has 3 rings (SSSR count). The fourth-order valence-corrected chi connectivity index (χ4v) is 5.67. The first-order valence-electron chi connectivity index (χ1n) is 15.9. The highest BCUT2D eigenvalue weighted by atomic mass is 32.2. The van der Waals surface area contributed by atoms with Crippen LogP contribution in [0.15, 0.2) is 70.5 Å². The van der Waals surface area contributed by atoms with Crippen molar-refractivity contribution in [2.24, 2.45) is 17.5 Å². The molecule has 14 nitrogen and oxygen atoms in total. The molecule has 4 radical (unpaired) electrons. The summed E-state index contributed by atoms with van der Waals surface area (Å²) in [5, 5.41) is 5.68.